The van der Waals surface area contributed by atoms with E-state index in [0.717, 1.165) is 12.1 Å². The lowest BCUT2D eigenvalue weighted by molar-refractivity contribution is -0.121. The number of nitrogens with one attached hydrogen (secondary N) is 2. The molecule has 4 nitrogen and oxygen atoms in total. The Balaban J connectivity index is 0.00000289. The highest BCUT2D eigenvalue weighted by molar-refractivity contribution is 5.85. The van der Waals surface area contributed by atoms with Crippen LogP contribution in [0.25, 0.3) is 0 Å². The third kappa shape index (κ3) is 6.00. The maximum atomic E-state index is 11.6. The first-order valence-electron chi connectivity index (χ1n) is 5.77. The van der Waals surface area contributed by atoms with Gasteiger partial charge in [0.2, 0.25) is 5.91 Å². The first-order chi connectivity index (χ1) is 8.13. The molecule has 1 atom stereocenters. The highest BCUT2D eigenvalue weighted by Crippen LogP contribution is 2.12. The first-order valence-corrected chi connectivity index (χ1v) is 5.77. The molecule has 18 heavy (non-hydrogen) atoms. The minimum absolute atomic E-state index is 0. The summed E-state index contributed by atoms with van der Waals surface area (Å²) in [5.74, 6) is 0.0169. The van der Waals surface area contributed by atoms with Crippen molar-refractivity contribution < 1.29 is 4.79 Å². The largest absolute Gasteiger partial charge is 0.347 e. The number of hydrogen-bond acceptors (Lipinski definition) is 3. The van der Waals surface area contributed by atoms with Crippen molar-refractivity contribution in [2.75, 3.05) is 34.2 Å². The molecule has 0 bridgehead atoms. The summed E-state index contributed by atoms with van der Waals surface area (Å²) in [7, 11) is 5.77. The summed E-state index contributed by atoms with van der Waals surface area (Å²) in [5, 5.41) is 5.87. The molecule has 0 spiro atoms. The van der Waals surface area contributed by atoms with Crippen molar-refractivity contribution in [3.8, 4) is 0 Å². The molecule has 1 aromatic carbocycles. The number of amides is 1. The molecule has 0 radical (unpaired) electrons. The maximum Gasteiger partial charge on any atom is 0.234 e. The van der Waals surface area contributed by atoms with E-state index in [0.29, 0.717) is 6.54 Å². The van der Waals surface area contributed by atoms with Gasteiger partial charge in [-0.2, -0.15) is 0 Å². The first kappa shape index (κ1) is 16.9. The zero-order chi connectivity index (χ0) is 12.7. The van der Waals surface area contributed by atoms with Crippen LogP contribution in [0.3, 0.4) is 0 Å². The van der Waals surface area contributed by atoms with Crippen molar-refractivity contribution in [1.29, 1.82) is 0 Å². The molecule has 2 N–H and O–H groups in total. The fraction of sp³-hybridized carbons (Fsp3) is 0.462. The van der Waals surface area contributed by atoms with Crippen molar-refractivity contribution in [2.45, 2.75) is 6.04 Å². The van der Waals surface area contributed by atoms with Crippen molar-refractivity contribution in [3.05, 3.63) is 35.9 Å². The number of rotatable bonds is 6. The van der Waals surface area contributed by atoms with Crippen molar-refractivity contribution in [2.24, 2.45) is 0 Å². The Hall–Kier alpha value is -1.10. The number of benzene rings is 1. The van der Waals surface area contributed by atoms with E-state index in [1.54, 1.807) is 7.05 Å². The van der Waals surface area contributed by atoms with Crippen LogP contribution in [-0.2, 0) is 4.79 Å². The average Bonchev–Trinajstić information content (AvgIpc) is 2.29. The summed E-state index contributed by atoms with van der Waals surface area (Å²) >= 11 is 0. The van der Waals surface area contributed by atoms with Crippen LogP contribution < -0.4 is 10.6 Å². The van der Waals surface area contributed by atoms with Gasteiger partial charge in [-0.25, -0.2) is 0 Å². The molecule has 0 aliphatic heterocycles. The van der Waals surface area contributed by atoms with Crippen LogP contribution in [0.2, 0.25) is 0 Å². The third-order valence-electron chi connectivity index (χ3n) is 2.42. The Kier molecular flexibility index (Phi) is 8.37. The predicted octanol–water partition coefficient (Wildman–Crippen LogP) is 1.05. The minimum atomic E-state index is 0. The van der Waals surface area contributed by atoms with E-state index in [-0.39, 0.29) is 24.4 Å². The Morgan fingerprint density at radius 3 is 2.39 bits per heavy atom. The van der Waals surface area contributed by atoms with Gasteiger partial charge < -0.3 is 15.5 Å². The van der Waals surface area contributed by atoms with Crippen molar-refractivity contribution >= 4 is 18.3 Å². The van der Waals surface area contributed by atoms with Gasteiger partial charge in [-0.3, -0.25) is 4.79 Å². The van der Waals surface area contributed by atoms with Gasteiger partial charge >= 0.3 is 0 Å². The van der Waals surface area contributed by atoms with E-state index >= 15 is 0 Å². The van der Waals surface area contributed by atoms with Gasteiger partial charge in [-0.05, 0) is 26.7 Å². The Morgan fingerprint density at radius 1 is 1.28 bits per heavy atom. The lowest BCUT2D eigenvalue weighted by Gasteiger charge is -2.22. The van der Waals surface area contributed by atoms with E-state index < -0.39 is 0 Å². The number of carbonyl (C=O) groups excluding carboxylic acids is 1. The van der Waals surface area contributed by atoms with Gasteiger partial charge in [0.15, 0.2) is 0 Å². The summed E-state index contributed by atoms with van der Waals surface area (Å²) < 4.78 is 0. The number of nitrogens with zero attached hydrogens (tertiary/aromatic N) is 1. The fourth-order valence-electron chi connectivity index (χ4n) is 1.69. The molecule has 0 fully saturated rings. The topological polar surface area (TPSA) is 44.4 Å². The molecule has 1 amide bonds. The summed E-state index contributed by atoms with van der Waals surface area (Å²) in [6, 6.07) is 10.1. The van der Waals surface area contributed by atoms with Crippen LogP contribution in [0, 0.1) is 0 Å². The summed E-state index contributed by atoms with van der Waals surface area (Å²) in [5.41, 5.74) is 1.13. The summed E-state index contributed by atoms with van der Waals surface area (Å²) in [6.45, 7) is 1.14. The van der Waals surface area contributed by atoms with Gasteiger partial charge in [0, 0.05) is 6.54 Å². The molecule has 1 aromatic rings. The van der Waals surface area contributed by atoms with Crippen molar-refractivity contribution in [1.82, 2.24) is 15.5 Å². The SMILES string of the molecule is CNCC(=O)NC(CN(C)C)c1ccccc1.Cl. The molecule has 5 heteroatoms. The molecule has 0 heterocycles. The lowest BCUT2D eigenvalue weighted by Crippen LogP contribution is -2.39. The lowest BCUT2D eigenvalue weighted by atomic mass is 10.1. The molecule has 0 aliphatic carbocycles. The van der Waals surface area contributed by atoms with Crippen molar-refractivity contribution in [3.63, 3.8) is 0 Å². The average molecular weight is 272 g/mol. The second-order valence-corrected chi connectivity index (χ2v) is 4.32. The van der Waals surface area contributed by atoms with Gasteiger partial charge in [-0.15, -0.1) is 12.4 Å². The van der Waals surface area contributed by atoms with Gasteiger partial charge in [0.1, 0.15) is 0 Å². The summed E-state index contributed by atoms with van der Waals surface area (Å²) in [4.78, 5) is 13.7. The van der Waals surface area contributed by atoms with Crippen LogP contribution in [0.15, 0.2) is 30.3 Å². The molecule has 0 aromatic heterocycles. The molecule has 0 saturated heterocycles. The number of hydrogen-bond donors (Lipinski definition) is 2. The molecule has 1 rings (SSSR count). The van der Waals surface area contributed by atoms with E-state index in [4.69, 9.17) is 0 Å². The minimum Gasteiger partial charge on any atom is -0.347 e. The van der Waals surface area contributed by atoms with Crippen LogP contribution in [0.1, 0.15) is 11.6 Å². The number of halogens is 1. The zero-order valence-corrected chi connectivity index (χ0v) is 12.0. The van der Waals surface area contributed by atoms with E-state index in [1.807, 2.05) is 44.4 Å². The smallest absolute Gasteiger partial charge is 0.234 e. The fourth-order valence-corrected chi connectivity index (χ4v) is 1.69. The molecule has 0 aliphatic rings. The molecule has 102 valence electrons. The molecular formula is C13H22ClN3O. The quantitative estimate of drug-likeness (QED) is 0.813. The highest BCUT2D eigenvalue weighted by Gasteiger charge is 2.14. The normalized spacial score (nSPS) is 11.8. The Bertz CT molecular complexity index is 343. The zero-order valence-electron chi connectivity index (χ0n) is 11.1. The van der Waals surface area contributed by atoms with Gasteiger partial charge in [0.25, 0.3) is 0 Å². The van der Waals surface area contributed by atoms with Crippen LogP contribution in [0.4, 0.5) is 0 Å². The molecule has 1 unspecified atom stereocenters. The van der Waals surface area contributed by atoms with Gasteiger partial charge in [0.05, 0.1) is 12.6 Å². The van der Waals surface area contributed by atoms with E-state index in [2.05, 4.69) is 15.5 Å². The number of likely N-dealkylation sites (N-methyl/N-ethyl adjacent to an activating group) is 2. The maximum absolute atomic E-state index is 11.6. The molecular weight excluding hydrogens is 250 g/mol. The second kappa shape index (κ2) is 8.91. The Labute approximate surface area is 115 Å². The standard InChI is InChI=1S/C13H21N3O.ClH/c1-14-9-13(17)15-12(10-16(2)3)11-7-5-4-6-8-11;/h4-8,12,14H,9-10H2,1-3H3,(H,15,17);1H. The van der Waals surface area contributed by atoms with Gasteiger partial charge in [-0.1, -0.05) is 30.3 Å². The van der Waals surface area contributed by atoms with E-state index in [9.17, 15) is 4.79 Å². The monoisotopic (exact) mass is 271 g/mol. The molecule has 0 saturated carbocycles. The third-order valence-corrected chi connectivity index (χ3v) is 2.42. The van der Waals surface area contributed by atoms with Crippen LogP contribution in [-0.4, -0.2) is 45.0 Å². The van der Waals surface area contributed by atoms with Crippen LogP contribution >= 0.6 is 12.4 Å². The summed E-state index contributed by atoms with van der Waals surface area (Å²) in [6.07, 6.45) is 0. The highest BCUT2D eigenvalue weighted by atomic mass is 35.5. The van der Waals surface area contributed by atoms with E-state index in [1.165, 1.54) is 0 Å². The predicted molar refractivity (Wildman–Crippen MR) is 77.1 cm³/mol. The number of carbonyl (C=O) groups is 1. The second-order valence-electron chi connectivity index (χ2n) is 4.32. The Morgan fingerprint density at radius 2 is 1.89 bits per heavy atom. The van der Waals surface area contributed by atoms with Crippen LogP contribution in [0.5, 0.6) is 0 Å².